The fourth-order valence-corrected chi connectivity index (χ4v) is 3.96. The van der Waals surface area contributed by atoms with Gasteiger partial charge < -0.3 is 24.8 Å². The summed E-state index contributed by atoms with van der Waals surface area (Å²) < 4.78 is 17.4. The van der Waals surface area contributed by atoms with Gasteiger partial charge in [-0.1, -0.05) is 30.3 Å². The zero-order valence-electron chi connectivity index (χ0n) is 18.2. The molecule has 0 radical (unpaired) electrons. The van der Waals surface area contributed by atoms with Gasteiger partial charge in [0.1, 0.15) is 0 Å². The van der Waals surface area contributed by atoms with Crippen LogP contribution in [0.3, 0.4) is 0 Å². The van der Waals surface area contributed by atoms with Crippen molar-refractivity contribution in [3.8, 4) is 0 Å². The van der Waals surface area contributed by atoms with E-state index < -0.39 is 0 Å². The van der Waals surface area contributed by atoms with Crippen LogP contribution in [0, 0.1) is 5.92 Å². The fraction of sp³-hybridized carbons (Fsp3) is 0.696. The number of hydrogen-bond donors (Lipinski definition) is 2. The van der Waals surface area contributed by atoms with Gasteiger partial charge in [0.15, 0.2) is 5.96 Å². The van der Waals surface area contributed by atoms with Crippen LogP contribution in [0.15, 0.2) is 35.3 Å². The van der Waals surface area contributed by atoms with E-state index in [9.17, 15) is 0 Å². The van der Waals surface area contributed by atoms with Gasteiger partial charge in [-0.3, -0.25) is 4.99 Å². The third-order valence-corrected chi connectivity index (χ3v) is 5.49. The van der Waals surface area contributed by atoms with Crippen LogP contribution in [0.1, 0.15) is 50.7 Å². The molecule has 2 fully saturated rings. The Morgan fingerprint density at radius 2 is 1.90 bits per heavy atom. The molecule has 6 nitrogen and oxygen atoms in total. The Labute approximate surface area is 198 Å². The Kier molecular flexibility index (Phi) is 12.7. The lowest BCUT2D eigenvalue weighted by Crippen LogP contribution is -2.39. The van der Waals surface area contributed by atoms with Crippen LogP contribution >= 0.6 is 24.0 Å². The predicted molar refractivity (Wildman–Crippen MR) is 132 cm³/mol. The number of aliphatic imine (C=N–C) groups is 1. The average Bonchev–Trinajstić information content (AvgIpc) is 3.29. The van der Waals surface area contributed by atoms with Gasteiger partial charge in [0.2, 0.25) is 0 Å². The quantitative estimate of drug-likeness (QED) is 0.208. The normalized spacial score (nSPS) is 24.3. The number of nitrogens with one attached hydrogen (secondary N) is 2. The zero-order chi connectivity index (χ0) is 20.2. The molecule has 1 aromatic rings. The summed E-state index contributed by atoms with van der Waals surface area (Å²) in [7, 11) is 0. The van der Waals surface area contributed by atoms with Gasteiger partial charge in [-0.05, 0) is 44.6 Å². The molecule has 1 aromatic carbocycles. The predicted octanol–water partition coefficient (Wildman–Crippen LogP) is 3.91. The maximum Gasteiger partial charge on any atom is 0.191 e. The number of guanidine groups is 1. The number of nitrogens with zero attached hydrogens (tertiary/aromatic N) is 1. The first-order chi connectivity index (χ1) is 14.4. The lowest BCUT2D eigenvalue weighted by atomic mass is 9.89. The molecule has 0 spiro atoms. The van der Waals surface area contributed by atoms with Crippen molar-refractivity contribution in [1.82, 2.24) is 10.6 Å². The van der Waals surface area contributed by atoms with Gasteiger partial charge in [0.05, 0.1) is 18.8 Å². The van der Waals surface area contributed by atoms with E-state index in [0.717, 1.165) is 84.1 Å². The van der Waals surface area contributed by atoms with E-state index >= 15 is 0 Å². The molecule has 2 aliphatic rings. The maximum absolute atomic E-state index is 6.10. The van der Waals surface area contributed by atoms with Crippen molar-refractivity contribution in [3.05, 3.63) is 35.9 Å². The lowest BCUT2D eigenvalue weighted by Gasteiger charge is -2.31. The van der Waals surface area contributed by atoms with E-state index in [1.54, 1.807) is 0 Å². The van der Waals surface area contributed by atoms with Crippen molar-refractivity contribution in [2.24, 2.45) is 10.9 Å². The first-order valence-electron chi connectivity index (χ1n) is 11.2. The number of halogens is 1. The molecule has 7 heteroatoms. The molecule has 0 aliphatic carbocycles. The van der Waals surface area contributed by atoms with Gasteiger partial charge in [-0.2, -0.15) is 0 Å². The van der Waals surface area contributed by atoms with Crippen LogP contribution in [0.5, 0.6) is 0 Å². The SMILES string of the molecule is CCNC(=NCC1CCCOC1c1ccccc1)NCCCOCC1CCCO1.I. The molecule has 2 N–H and O–H groups in total. The summed E-state index contributed by atoms with van der Waals surface area (Å²) in [6, 6.07) is 10.5. The fourth-order valence-electron chi connectivity index (χ4n) is 3.96. The second-order valence-electron chi connectivity index (χ2n) is 7.81. The van der Waals surface area contributed by atoms with Crippen LogP contribution in [-0.4, -0.2) is 58.1 Å². The molecule has 2 saturated heterocycles. The van der Waals surface area contributed by atoms with Crippen molar-refractivity contribution in [1.29, 1.82) is 0 Å². The highest BCUT2D eigenvalue weighted by Crippen LogP contribution is 2.33. The highest BCUT2D eigenvalue weighted by molar-refractivity contribution is 14.0. The molecule has 2 heterocycles. The lowest BCUT2D eigenvalue weighted by molar-refractivity contribution is -0.0250. The summed E-state index contributed by atoms with van der Waals surface area (Å²) in [5.74, 6) is 1.29. The Bertz CT molecular complexity index is 597. The van der Waals surface area contributed by atoms with Crippen LogP contribution in [0.2, 0.25) is 0 Å². The van der Waals surface area contributed by atoms with E-state index in [1.807, 2.05) is 0 Å². The standard InChI is InChI=1S/C23H37N3O3.HI/c1-2-24-23(25-13-8-14-27-18-21-12-7-15-28-21)26-17-20-11-6-16-29-22(20)19-9-4-3-5-10-19;/h3-5,9-10,20-22H,2,6-8,11-18H2,1H3,(H2,24,25,26);1H. The molecule has 0 bridgehead atoms. The first kappa shape index (κ1) is 25.4. The Balaban J connectivity index is 0.00000320. The van der Waals surface area contributed by atoms with Gasteiger partial charge in [-0.25, -0.2) is 0 Å². The van der Waals surface area contributed by atoms with Crippen LogP contribution < -0.4 is 10.6 Å². The molecule has 30 heavy (non-hydrogen) atoms. The molecule has 0 amide bonds. The number of benzene rings is 1. The minimum Gasteiger partial charge on any atom is -0.379 e. The zero-order valence-corrected chi connectivity index (χ0v) is 20.5. The van der Waals surface area contributed by atoms with E-state index in [2.05, 4.69) is 47.9 Å². The third-order valence-electron chi connectivity index (χ3n) is 5.49. The molecular formula is C23H38IN3O3. The summed E-state index contributed by atoms with van der Waals surface area (Å²) in [5.41, 5.74) is 1.26. The maximum atomic E-state index is 6.10. The summed E-state index contributed by atoms with van der Waals surface area (Å²) in [4.78, 5) is 4.85. The highest BCUT2D eigenvalue weighted by Gasteiger charge is 2.27. The monoisotopic (exact) mass is 531 g/mol. The molecule has 2 aliphatic heterocycles. The summed E-state index contributed by atoms with van der Waals surface area (Å²) in [6.45, 7) is 7.75. The molecular weight excluding hydrogens is 493 g/mol. The first-order valence-corrected chi connectivity index (χ1v) is 11.2. The summed E-state index contributed by atoms with van der Waals surface area (Å²) in [6.07, 6.45) is 5.95. The minimum absolute atomic E-state index is 0. The summed E-state index contributed by atoms with van der Waals surface area (Å²) in [5, 5.41) is 6.78. The number of rotatable bonds is 10. The van der Waals surface area contributed by atoms with Crippen molar-refractivity contribution >= 4 is 29.9 Å². The highest BCUT2D eigenvalue weighted by atomic mass is 127. The van der Waals surface area contributed by atoms with Crippen molar-refractivity contribution in [2.75, 3.05) is 46.1 Å². The Hall–Kier alpha value is -0.900. The van der Waals surface area contributed by atoms with Crippen LogP contribution in [0.25, 0.3) is 0 Å². The van der Waals surface area contributed by atoms with E-state index in [1.165, 1.54) is 5.56 Å². The molecule has 3 unspecified atom stereocenters. The smallest absolute Gasteiger partial charge is 0.191 e. The van der Waals surface area contributed by atoms with Crippen LogP contribution in [0.4, 0.5) is 0 Å². The van der Waals surface area contributed by atoms with E-state index in [-0.39, 0.29) is 30.1 Å². The van der Waals surface area contributed by atoms with Gasteiger partial charge in [0.25, 0.3) is 0 Å². The average molecular weight is 531 g/mol. The Morgan fingerprint density at radius 1 is 1.10 bits per heavy atom. The number of hydrogen-bond acceptors (Lipinski definition) is 4. The Morgan fingerprint density at radius 3 is 2.67 bits per heavy atom. The van der Waals surface area contributed by atoms with Crippen molar-refractivity contribution in [3.63, 3.8) is 0 Å². The minimum atomic E-state index is 0. The van der Waals surface area contributed by atoms with Crippen molar-refractivity contribution in [2.45, 2.75) is 51.2 Å². The molecule has 0 saturated carbocycles. The largest absolute Gasteiger partial charge is 0.379 e. The second kappa shape index (κ2) is 15.0. The van der Waals surface area contributed by atoms with Gasteiger partial charge in [0, 0.05) is 45.4 Å². The molecule has 0 aromatic heterocycles. The van der Waals surface area contributed by atoms with Gasteiger partial charge in [-0.15, -0.1) is 24.0 Å². The van der Waals surface area contributed by atoms with E-state index in [4.69, 9.17) is 19.2 Å². The third kappa shape index (κ3) is 8.69. The molecule has 170 valence electrons. The van der Waals surface area contributed by atoms with Crippen molar-refractivity contribution < 1.29 is 14.2 Å². The van der Waals surface area contributed by atoms with Gasteiger partial charge >= 0.3 is 0 Å². The topological polar surface area (TPSA) is 64.1 Å². The summed E-state index contributed by atoms with van der Waals surface area (Å²) >= 11 is 0. The second-order valence-corrected chi connectivity index (χ2v) is 7.81. The van der Waals surface area contributed by atoms with Crippen LogP contribution in [-0.2, 0) is 14.2 Å². The van der Waals surface area contributed by atoms with E-state index in [0.29, 0.717) is 12.0 Å². The molecule has 3 atom stereocenters. The number of ether oxygens (including phenoxy) is 3. The molecule has 3 rings (SSSR count).